The van der Waals surface area contributed by atoms with Gasteiger partial charge in [-0.15, -0.1) is 0 Å². The van der Waals surface area contributed by atoms with E-state index in [4.69, 9.17) is 0 Å². The summed E-state index contributed by atoms with van der Waals surface area (Å²) >= 11 is 0. The normalized spacial score (nSPS) is 19.9. The number of nitrogens with one attached hydrogen (secondary N) is 1. The molecule has 5 rings (SSSR count). The van der Waals surface area contributed by atoms with Gasteiger partial charge in [0.25, 0.3) is 0 Å². The molecule has 1 atom stereocenters. The summed E-state index contributed by atoms with van der Waals surface area (Å²) in [6, 6.07) is 13.5. The first kappa shape index (κ1) is 24.8. The lowest BCUT2D eigenvalue weighted by molar-refractivity contribution is -0.131. The first-order valence-electron chi connectivity index (χ1n) is 12.8. The van der Waals surface area contributed by atoms with Gasteiger partial charge in [0, 0.05) is 62.5 Å². The van der Waals surface area contributed by atoms with E-state index in [1.165, 1.54) is 5.56 Å². The molecule has 0 bridgehead atoms. The van der Waals surface area contributed by atoms with Crippen molar-refractivity contribution in [2.24, 2.45) is 5.92 Å². The van der Waals surface area contributed by atoms with Gasteiger partial charge in [0.05, 0.1) is 4.90 Å². The minimum Gasteiger partial charge on any atom is -0.365 e. The third kappa shape index (κ3) is 5.13. The Kier molecular flexibility index (Phi) is 6.78. The number of sulfonamides is 1. The molecule has 8 nitrogen and oxygen atoms in total. The Balaban J connectivity index is 1.14. The lowest BCUT2D eigenvalue weighted by Gasteiger charge is -2.41. The van der Waals surface area contributed by atoms with Crippen LogP contribution >= 0.6 is 0 Å². The second kappa shape index (κ2) is 9.86. The maximum Gasteiger partial charge on any atom is 0.240 e. The Morgan fingerprint density at radius 1 is 1.06 bits per heavy atom. The maximum atomic E-state index is 12.9. The molecule has 2 amide bonds. The number of hydrogen-bond acceptors (Lipinski definition) is 5. The molecule has 0 radical (unpaired) electrons. The van der Waals surface area contributed by atoms with Gasteiger partial charge in [-0.3, -0.25) is 9.59 Å². The highest BCUT2D eigenvalue weighted by Gasteiger charge is 2.36. The summed E-state index contributed by atoms with van der Waals surface area (Å²) in [5, 5.41) is 0. The molecule has 1 saturated heterocycles. The fourth-order valence-electron chi connectivity index (χ4n) is 5.23. The Morgan fingerprint density at radius 3 is 2.58 bits per heavy atom. The smallest absolute Gasteiger partial charge is 0.240 e. The number of piperazine rings is 1. The summed E-state index contributed by atoms with van der Waals surface area (Å²) < 4.78 is 28.3. The molecule has 1 aliphatic carbocycles. The first-order chi connectivity index (χ1) is 17.2. The van der Waals surface area contributed by atoms with Crippen LogP contribution in [0.2, 0.25) is 0 Å². The van der Waals surface area contributed by atoms with Crippen LogP contribution in [0.5, 0.6) is 0 Å². The van der Waals surface area contributed by atoms with Gasteiger partial charge in [-0.25, -0.2) is 13.1 Å². The molecule has 0 spiro atoms. The van der Waals surface area contributed by atoms with Crippen molar-refractivity contribution in [3.8, 4) is 0 Å². The van der Waals surface area contributed by atoms with Crippen molar-refractivity contribution in [1.82, 2.24) is 9.62 Å². The molecule has 9 heteroatoms. The number of amides is 2. The number of hydrogen-bond donors (Lipinski definition) is 1. The summed E-state index contributed by atoms with van der Waals surface area (Å²) in [6.07, 6.45) is 2.66. The summed E-state index contributed by atoms with van der Waals surface area (Å²) in [4.78, 5) is 31.4. The van der Waals surface area contributed by atoms with Crippen molar-refractivity contribution in [2.75, 3.05) is 42.5 Å². The molecule has 0 aromatic heterocycles. The van der Waals surface area contributed by atoms with E-state index in [1.807, 2.05) is 11.0 Å². The third-order valence-electron chi connectivity index (χ3n) is 7.39. The highest BCUT2D eigenvalue weighted by Crippen LogP contribution is 2.37. The third-order valence-corrected chi connectivity index (χ3v) is 8.85. The van der Waals surface area contributed by atoms with Crippen LogP contribution in [0.1, 0.15) is 37.3 Å². The van der Waals surface area contributed by atoms with Crippen molar-refractivity contribution in [3.63, 3.8) is 0 Å². The van der Waals surface area contributed by atoms with E-state index < -0.39 is 10.0 Å². The number of anilines is 2. The van der Waals surface area contributed by atoms with E-state index in [9.17, 15) is 18.0 Å². The zero-order valence-corrected chi connectivity index (χ0v) is 21.8. The summed E-state index contributed by atoms with van der Waals surface area (Å²) in [7, 11) is -3.74. The SMILES string of the molecule is Cc1cccc(N2CCN(C(=O)CCNS(=O)(=O)c3ccc4c(c3)CCN4C(=O)C3CC3)CC2C)c1. The van der Waals surface area contributed by atoms with E-state index in [0.29, 0.717) is 26.1 Å². The molecule has 2 fully saturated rings. The van der Waals surface area contributed by atoms with Crippen molar-refractivity contribution >= 4 is 33.2 Å². The highest BCUT2D eigenvalue weighted by molar-refractivity contribution is 7.89. The van der Waals surface area contributed by atoms with E-state index in [2.05, 4.69) is 41.7 Å². The van der Waals surface area contributed by atoms with Crippen molar-refractivity contribution in [2.45, 2.75) is 50.5 Å². The van der Waals surface area contributed by atoms with Crippen LogP contribution < -0.4 is 14.5 Å². The van der Waals surface area contributed by atoms with Gasteiger partial charge < -0.3 is 14.7 Å². The minimum absolute atomic E-state index is 0.0448. The van der Waals surface area contributed by atoms with Crippen LogP contribution in [0.15, 0.2) is 47.4 Å². The highest BCUT2D eigenvalue weighted by atomic mass is 32.2. The molecular weight excluding hydrogens is 476 g/mol. The fourth-order valence-corrected chi connectivity index (χ4v) is 6.32. The fraction of sp³-hybridized carbons (Fsp3) is 0.481. The van der Waals surface area contributed by atoms with Gasteiger partial charge in [-0.2, -0.15) is 0 Å². The Morgan fingerprint density at radius 2 is 1.86 bits per heavy atom. The van der Waals surface area contributed by atoms with Gasteiger partial charge in [0.15, 0.2) is 0 Å². The number of nitrogens with zero attached hydrogens (tertiary/aromatic N) is 3. The van der Waals surface area contributed by atoms with Crippen LogP contribution in [0.4, 0.5) is 11.4 Å². The van der Waals surface area contributed by atoms with Crippen molar-refractivity contribution in [1.29, 1.82) is 0 Å². The number of fused-ring (bicyclic) bond motifs is 1. The number of rotatable bonds is 7. The summed E-state index contributed by atoms with van der Waals surface area (Å²) in [5.74, 6) is 0.235. The molecule has 2 aromatic rings. The van der Waals surface area contributed by atoms with E-state index in [-0.39, 0.29) is 41.6 Å². The number of benzene rings is 2. The topological polar surface area (TPSA) is 90.0 Å². The first-order valence-corrected chi connectivity index (χ1v) is 14.3. The molecule has 1 saturated carbocycles. The van der Waals surface area contributed by atoms with Gasteiger partial charge in [-0.05, 0) is 74.6 Å². The Labute approximate surface area is 213 Å². The zero-order chi connectivity index (χ0) is 25.4. The Bertz CT molecular complexity index is 1270. The molecule has 2 aliphatic heterocycles. The Hall–Kier alpha value is -2.91. The van der Waals surface area contributed by atoms with Crippen molar-refractivity contribution < 1.29 is 18.0 Å². The average molecular weight is 511 g/mol. The molecule has 2 heterocycles. The van der Waals surface area contributed by atoms with E-state index >= 15 is 0 Å². The van der Waals surface area contributed by atoms with Gasteiger partial charge in [-0.1, -0.05) is 12.1 Å². The molecule has 2 aromatic carbocycles. The number of carbonyl (C=O) groups is 2. The molecular formula is C27H34N4O4S. The van der Waals surface area contributed by atoms with Gasteiger partial charge in [0.2, 0.25) is 21.8 Å². The summed E-state index contributed by atoms with van der Waals surface area (Å²) in [5.41, 5.74) is 4.07. The number of carbonyl (C=O) groups excluding carboxylic acids is 2. The monoisotopic (exact) mass is 510 g/mol. The maximum absolute atomic E-state index is 12.9. The van der Waals surface area contributed by atoms with Crippen LogP contribution in [-0.2, 0) is 26.0 Å². The van der Waals surface area contributed by atoms with Crippen LogP contribution in [0, 0.1) is 12.8 Å². The van der Waals surface area contributed by atoms with E-state index in [1.54, 1.807) is 23.1 Å². The number of aryl methyl sites for hydroxylation is 1. The molecule has 1 N–H and O–H groups in total. The minimum atomic E-state index is -3.74. The predicted octanol–water partition coefficient (Wildman–Crippen LogP) is 2.70. The second-order valence-electron chi connectivity index (χ2n) is 10.2. The van der Waals surface area contributed by atoms with Crippen LogP contribution in [-0.4, -0.2) is 63.9 Å². The molecule has 192 valence electrons. The zero-order valence-electron chi connectivity index (χ0n) is 20.9. The molecule has 36 heavy (non-hydrogen) atoms. The lowest BCUT2D eigenvalue weighted by Crippen LogP contribution is -2.54. The second-order valence-corrected chi connectivity index (χ2v) is 11.9. The molecule has 1 unspecified atom stereocenters. The standard InChI is InChI=1S/C27H34N4O4S/c1-19-4-3-5-23(16-19)30-15-14-29(18-20(30)2)26(32)10-12-28-36(34,35)24-8-9-25-22(17-24)11-13-31(25)27(33)21-6-7-21/h3-5,8-9,16-17,20-21,28H,6-7,10-15,18H2,1-2H3. The van der Waals surface area contributed by atoms with Gasteiger partial charge in [0.1, 0.15) is 0 Å². The van der Waals surface area contributed by atoms with E-state index in [0.717, 1.165) is 36.3 Å². The average Bonchev–Trinajstić information content (AvgIpc) is 3.62. The van der Waals surface area contributed by atoms with Crippen molar-refractivity contribution in [3.05, 3.63) is 53.6 Å². The predicted molar refractivity (Wildman–Crippen MR) is 140 cm³/mol. The van der Waals surface area contributed by atoms with Gasteiger partial charge >= 0.3 is 0 Å². The summed E-state index contributed by atoms with van der Waals surface area (Å²) in [6.45, 7) is 6.81. The largest absolute Gasteiger partial charge is 0.365 e. The lowest BCUT2D eigenvalue weighted by atomic mass is 10.1. The van der Waals surface area contributed by atoms with Crippen LogP contribution in [0.25, 0.3) is 0 Å². The van der Waals surface area contributed by atoms with Crippen LogP contribution in [0.3, 0.4) is 0 Å². The molecule has 3 aliphatic rings. The quantitative estimate of drug-likeness (QED) is 0.619.